The van der Waals surface area contributed by atoms with E-state index in [1.165, 1.54) is 0 Å². The van der Waals surface area contributed by atoms with Gasteiger partial charge in [-0.15, -0.1) is 0 Å². The summed E-state index contributed by atoms with van der Waals surface area (Å²) in [5, 5.41) is 3.24. The third-order valence-electron chi connectivity index (χ3n) is 2.11. The number of benzene rings is 1. The molecule has 1 heterocycles. The summed E-state index contributed by atoms with van der Waals surface area (Å²) in [5.74, 6) is 0.840. The van der Waals surface area contributed by atoms with Crippen LogP contribution in [0.15, 0.2) is 55.2 Å². The maximum absolute atomic E-state index is 4.20. The predicted octanol–water partition coefficient (Wildman–Crippen LogP) is 3.47. The van der Waals surface area contributed by atoms with Crippen molar-refractivity contribution in [3.63, 3.8) is 0 Å². The van der Waals surface area contributed by atoms with Crippen LogP contribution in [0.5, 0.6) is 0 Å². The fourth-order valence-electron chi connectivity index (χ4n) is 1.36. The van der Waals surface area contributed by atoms with Crippen LogP contribution in [-0.4, -0.2) is 4.98 Å². The van der Waals surface area contributed by atoms with Crippen molar-refractivity contribution in [2.24, 2.45) is 0 Å². The molecule has 0 radical (unpaired) electrons. The van der Waals surface area contributed by atoms with Gasteiger partial charge in [0.2, 0.25) is 0 Å². The quantitative estimate of drug-likeness (QED) is 0.813. The van der Waals surface area contributed by atoms with E-state index in [0.717, 1.165) is 17.1 Å². The van der Waals surface area contributed by atoms with Crippen LogP contribution in [0.2, 0.25) is 0 Å². The summed E-state index contributed by atoms with van der Waals surface area (Å²) in [7, 11) is 0. The fraction of sp³-hybridized carbons (Fsp3) is 0. The van der Waals surface area contributed by atoms with Crippen molar-refractivity contribution in [1.82, 2.24) is 4.98 Å². The number of hydrogen-bond acceptors (Lipinski definition) is 2. The van der Waals surface area contributed by atoms with E-state index in [1.54, 1.807) is 6.20 Å². The summed E-state index contributed by atoms with van der Waals surface area (Å²) in [6.07, 6.45) is 3.59. The molecule has 2 rings (SSSR count). The zero-order valence-electron chi connectivity index (χ0n) is 8.35. The molecular weight excluding hydrogens is 184 g/mol. The lowest BCUT2D eigenvalue weighted by atomic mass is 10.2. The van der Waals surface area contributed by atoms with Crippen molar-refractivity contribution < 1.29 is 0 Å². The molecule has 0 atom stereocenters. The van der Waals surface area contributed by atoms with Crippen molar-refractivity contribution in [2.75, 3.05) is 5.32 Å². The third-order valence-corrected chi connectivity index (χ3v) is 2.11. The molecule has 0 aliphatic carbocycles. The first kappa shape index (κ1) is 9.46. The molecule has 74 valence electrons. The topological polar surface area (TPSA) is 24.9 Å². The van der Waals surface area contributed by atoms with Crippen molar-refractivity contribution in [3.05, 3.63) is 60.8 Å². The number of nitrogens with one attached hydrogen (secondary N) is 1. The molecule has 0 spiro atoms. The molecule has 0 fully saturated rings. The first-order valence-corrected chi connectivity index (χ1v) is 4.79. The number of hydrogen-bond donors (Lipinski definition) is 1. The number of pyridine rings is 1. The molecule has 0 aliphatic heterocycles. The number of rotatable bonds is 3. The minimum absolute atomic E-state index is 0.840. The molecule has 0 saturated heterocycles. The van der Waals surface area contributed by atoms with Crippen molar-refractivity contribution in [2.45, 2.75) is 0 Å². The first-order chi connectivity index (χ1) is 7.40. The average Bonchev–Trinajstić information content (AvgIpc) is 2.31. The van der Waals surface area contributed by atoms with Gasteiger partial charge in [-0.1, -0.05) is 36.9 Å². The second kappa shape index (κ2) is 4.42. The summed E-state index contributed by atoms with van der Waals surface area (Å²) in [6, 6.07) is 13.8. The number of nitrogens with zero attached hydrogens (tertiary/aromatic N) is 1. The lowest BCUT2D eigenvalue weighted by molar-refractivity contribution is 1.31. The second-order valence-electron chi connectivity index (χ2n) is 3.13. The van der Waals surface area contributed by atoms with Crippen molar-refractivity contribution in [3.8, 4) is 0 Å². The van der Waals surface area contributed by atoms with E-state index in [2.05, 4.69) is 16.9 Å². The summed E-state index contributed by atoms with van der Waals surface area (Å²) in [5.41, 5.74) is 2.09. The Morgan fingerprint density at radius 2 is 1.87 bits per heavy atom. The molecular formula is C13H12N2. The van der Waals surface area contributed by atoms with Gasteiger partial charge in [-0.05, 0) is 23.8 Å². The Balaban J connectivity index is 2.28. The van der Waals surface area contributed by atoms with Crippen LogP contribution in [0.25, 0.3) is 6.08 Å². The van der Waals surface area contributed by atoms with Crippen LogP contribution in [0.1, 0.15) is 5.56 Å². The van der Waals surface area contributed by atoms with E-state index in [0.29, 0.717) is 0 Å². The van der Waals surface area contributed by atoms with E-state index >= 15 is 0 Å². The minimum Gasteiger partial charge on any atom is -0.340 e. The normalized spacial score (nSPS) is 9.60. The highest BCUT2D eigenvalue weighted by molar-refractivity contribution is 5.69. The maximum atomic E-state index is 4.20. The summed E-state index contributed by atoms with van der Waals surface area (Å²) in [6.45, 7) is 3.77. The van der Waals surface area contributed by atoms with Crippen LogP contribution in [0.3, 0.4) is 0 Å². The predicted molar refractivity (Wildman–Crippen MR) is 64.1 cm³/mol. The van der Waals surface area contributed by atoms with Crippen LogP contribution >= 0.6 is 0 Å². The molecule has 0 aliphatic rings. The lowest BCUT2D eigenvalue weighted by Crippen LogP contribution is -1.94. The van der Waals surface area contributed by atoms with Gasteiger partial charge >= 0.3 is 0 Å². The minimum atomic E-state index is 0.840. The number of anilines is 2. The Kier molecular flexibility index (Phi) is 2.79. The zero-order valence-corrected chi connectivity index (χ0v) is 8.35. The van der Waals surface area contributed by atoms with E-state index in [-0.39, 0.29) is 0 Å². The molecule has 0 amide bonds. The molecule has 1 aromatic carbocycles. The molecule has 1 N–H and O–H groups in total. The molecule has 0 unspecified atom stereocenters. The van der Waals surface area contributed by atoms with E-state index < -0.39 is 0 Å². The van der Waals surface area contributed by atoms with Crippen LogP contribution in [0, 0.1) is 0 Å². The Morgan fingerprint density at radius 3 is 2.60 bits per heavy atom. The Labute approximate surface area is 89.3 Å². The summed E-state index contributed by atoms with van der Waals surface area (Å²) < 4.78 is 0. The summed E-state index contributed by atoms with van der Waals surface area (Å²) in [4.78, 5) is 4.20. The highest BCUT2D eigenvalue weighted by Crippen LogP contribution is 2.19. The van der Waals surface area contributed by atoms with Gasteiger partial charge in [0.1, 0.15) is 5.82 Å². The number of para-hydroxylation sites is 1. The fourth-order valence-corrected chi connectivity index (χ4v) is 1.36. The van der Waals surface area contributed by atoms with Gasteiger partial charge in [-0.3, -0.25) is 0 Å². The Morgan fingerprint density at radius 1 is 1.07 bits per heavy atom. The molecule has 0 saturated carbocycles. The highest BCUT2D eigenvalue weighted by Gasteiger charge is 1.98. The van der Waals surface area contributed by atoms with Gasteiger partial charge in [-0.25, -0.2) is 4.98 Å². The van der Waals surface area contributed by atoms with Crippen LogP contribution < -0.4 is 5.32 Å². The van der Waals surface area contributed by atoms with E-state index in [9.17, 15) is 0 Å². The van der Waals surface area contributed by atoms with Gasteiger partial charge in [0, 0.05) is 11.9 Å². The highest BCUT2D eigenvalue weighted by atomic mass is 15.0. The average molecular weight is 196 g/mol. The standard InChI is InChI=1S/C13H12N2/c1-2-11-7-3-4-8-12(11)15-13-9-5-6-10-14-13/h2-10H,1H2,(H,14,15). The molecule has 1 aromatic heterocycles. The molecule has 15 heavy (non-hydrogen) atoms. The molecule has 2 nitrogen and oxygen atoms in total. The smallest absolute Gasteiger partial charge is 0.130 e. The van der Waals surface area contributed by atoms with Crippen molar-refractivity contribution in [1.29, 1.82) is 0 Å². The molecule has 2 heteroatoms. The van der Waals surface area contributed by atoms with Gasteiger partial charge in [-0.2, -0.15) is 0 Å². The molecule has 0 bridgehead atoms. The Bertz CT molecular complexity index is 449. The number of aromatic nitrogens is 1. The SMILES string of the molecule is C=Cc1ccccc1Nc1ccccn1. The van der Waals surface area contributed by atoms with E-state index in [4.69, 9.17) is 0 Å². The van der Waals surface area contributed by atoms with Crippen molar-refractivity contribution >= 4 is 17.6 Å². The van der Waals surface area contributed by atoms with Gasteiger partial charge in [0.25, 0.3) is 0 Å². The zero-order chi connectivity index (χ0) is 10.5. The van der Waals surface area contributed by atoms with Gasteiger partial charge < -0.3 is 5.32 Å². The lowest BCUT2D eigenvalue weighted by Gasteiger charge is -2.07. The van der Waals surface area contributed by atoms with E-state index in [1.807, 2.05) is 48.5 Å². The van der Waals surface area contributed by atoms with Gasteiger partial charge in [0.05, 0.1) is 0 Å². The first-order valence-electron chi connectivity index (χ1n) is 4.79. The maximum Gasteiger partial charge on any atom is 0.130 e. The second-order valence-corrected chi connectivity index (χ2v) is 3.13. The van der Waals surface area contributed by atoms with Crippen LogP contribution in [0.4, 0.5) is 11.5 Å². The molecule has 2 aromatic rings. The summed E-state index contributed by atoms with van der Waals surface area (Å²) >= 11 is 0. The third kappa shape index (κ3) is 2.23. The van der Waals surface area contributed by atoms with Gasteiger partial charge in [0.15, 0.2) is 0 Å². The monoisotopic (exact) mass is 196 g/mol. The largest absolute Gasteiger partial charge is 0.340 e. The Hall–Kier alpha value is -2.09. The van der Waals surface area contributed by atoms with Crippen LogP contribution in [-0.2, 0) is 0 Å².